The first-order valence-electron chi connectivity index (χ1n) is 8.07. The van der Waals surface area contributed by atoms with Crippen molar-refractivity contribution in [3.63, 3.8) is 0 Å². The topological polar surface area (TPSA) is 47.4 Å². The van der Waals surface area contributed by atoms with Gasteiger partial charge in [0.2, 0.25) is 0 Å². The molecule has 122 valence electrons. The normalized spacial score (nSPS) is 17.8. The van der Waals surface area contributed by atoms with E-state index in [1.54, 1.807) is 0 Å². The molecule has 1 atom stereocenters. The Labute approximate surface area is 136 Å². The minimum absolute atomic E-state index is 0.183. The second-order valence-electron chi connectivity index (χ2n) is 6.04. The molecule has 0 radical (unpaired) electrons. The number of esters is 1. The number of aryl methyl sites for hydroxylation is 1. The molecule has 0 N–H and O–H groups in total. The number of likely N-dealkylation sites (tertiary alicyclic amines) is 1. The average Bonchev–Trinajstić information content (AvgIpc) is 3.12. The number of carbonyl (C=O) groups is 1. The molecule has 0 amide bonds. The van der Waals surface area contributed by atoms with E-state index in [4.69, 9.17) is 4.74 Å². The Hall–Kier alpha value is -2.14. The zero-order chi connectivity index (χ0) is 16.2. The lowest BCUT2D eigenvalue weighted by Gasteiger charge is -2.36. The number of ether oxygens (including phenoxy) is 1. The summed E-state index contributed by atoms with van der Waals surface area (Å²) in [5, 5.41) is 4.34. The Morgan fingerprint density at radius 1 is 1.26 bits per heavy atom. The average molecular weight is 313 g/mol. The van der Waals surface area contributed by atoms with Crippen molar-refractivity contribution in [3.8, 4) is 0 Å². The lowest BCUT2D eigenvalue weighted by molar-refractivity contribution is -0.148. The Bertz CT molecular complexity index is 646. The lowest BCUT2D eigenvalue weighted by Crippen LogP contribution is -2.41. The van der Waals surface area contributed by atoms with Gasteiger partial charge in [-0.3, -0.25) is 9.58 Å². The number of nitrogens with zero attached hydrogens (tertiary/aromatic N) is 3. The van der Waals surface area contributed by atoms with Gasteiger partial charge in [-0.25, -0.2) is 4.79 Å². The van der Waals surface area contributed by atoms with Crippen LogP contribution in [0.2, 0.25) is 0 Å². The summed E-state index contributed by atoms with van der Waals surface area (Å²) in [6, 6.07) is 10.1. The number of rotatable bonds is 4. The first-order valence-corrected chi connectivity index (χ1v) is 8.07. The summed E-state index contributed by atoms with van der Waals surface area (Å²) in [7, 11) is 1.46. The van der Waals surface area contributed by atoms with Crippen LogP contribution in [0, 0.1) is 6.92 Å². The molecular formula is C18H23N3O2. The van der Waals surface area contributed by atoms with Crippen LogP contribution in [-0.4, -0.2) is 40.8 Å². The van der Waals surface area contributed by atoms with Crippen LogP contribution in [0.1, 0.15) is 36.1 Å². The molecule has 23 heavy (non-hydrogen) atoms. The molecule has 1 aliphatic rings. The van der Waals surface area contributed by atoms with Crippen molar-refractivity contribution in [2.24, 2.45) is 0 Å². The van der Waals surface area contributed by atoms with Crippen molar-refractivity contribution in [2.45, 2.75) is 31.8 Å². The van der Waals surface area contributed by atoms with E-state index in [2.05, 4.69) is 10.00 Å². The van der Waals surface area contributed by atoms with E-state index < -0.39 is 0 Å². The lowest BCUT2D eigenvalue weighted by atomic mass is 9.96. The maximum atomic E-state index is 12.4. The molecule has 1 aliphatic heterocycles. The van der Waals surface area contributed by atoms with Gasteiger partial charge in [0.15, 0.2) is 0 Å². The predicted molar refractivity (Wildman–Crippen MR) is 88.0 cm³/mol. The minimum Gasteiger partial charge on any atom is -0.468 e. The van der Waals surface area contributed by atoms with Crippen LogP contribution >= 0.6 is 0 Å². The van der Waals surface area contributed by atoms with Gasteiger partial charge in [-0.2, -0.15) is 5.10 Å². The standard InChI is InChI=1S/C18H23N3O2/c1-14-6-3-4-7-16(14)17(18(22)23-2)20-12-8-15(9-13-20)21-11-5-10-19-21/h3-7,10-11,15,17H,8-9,12-13H2,1-2H3. The van der Waals surface area contributed by atoms with Gasteiger partial charge in [0.25, 0.3) is 0 Å². The van der Waals surface area contributed by atoms with Crippen LogP contribution in [-0.2, 0) is 9.53 Å². The fourth-order valence-corrected chi connectivity index (χ4v) is 3.38. The van der Waals surface area contributed by atoms with Crippen LogP contribution < -0.4 is 0 Å². The smallest absolute Gasteiger partial charge is 0.327 e. The number of benzene rings is 1. The van der Waals surface area contributed by atoms with Crippen LogP contribution in [0.5, 0.6) is 0 Å². The molecule has 1 unspecified atom stereocenters. The van der Waals surface area contributed by atoms with Crippen LogP contribution in [0.3, 0.4) is 0 Å². The van der Waals surface area contributed by atoms with Crippen LogP contribution in [0.25, 0.3) is 0 Å². The third-order valence-electron chi connectivity index (χ3n) is 4.67. The molecule has 2 heterocycles. The molecule has 5 nitrogen and oxygen atoms in total. The van der Waals surface area contributed by atoms with E-state index >= 15 is 0 Å². The van der Waals surface area contributed by atoms with Crippen molar-refractivity contribution in [1.82, 2.24) is 14.7 Å². The molecule has 5 heteroatoms. The van der Waals surface area contributed by atoms with Gasteiger partial charge in [0.1, 0.15) is 6.04 Å². The minimum atomic E-state index is -0.320. The van der Waals surface area contributed by atoms with E-state index in [-0.39, 0.29) is 12.0 Å². The summed E-state index contributed by atoms with van der Waals surface area (Å²) in [5.41, 5.74) is 2.16. The molecule has 3 rings (SSSR count). The summed E-state index contributed by atoms with van der Waals surface area (Å²) in [4.78, 5) is 14.6. The van der Waals surface area contributed by atoms with Crippen molar-refractivity contribution in [3.05, 3.63) is 53.9 Å². The largest absolute Gasteiger partial charge is 0.468 e. The molecule has 1 aromatic heterocycles. The maximum absolute atomic E-state index is 12.4. The monoisotopic (exact) mass is 313 g/mol. The van der Waals surface area contributed by atoms with Crippen molar-refractivity contribution < 1.29 is 9.53 Å². The first kappa shape index (κ1) is 15.7. The van der Waals surface area contributed by atoms with Gasteiger partial charge in [0.05, 0.1) is 13.2 Å². The first-order chi connectivity index (χ1) is 11.2. The van der Waals surface area contributed by atoms with Gasteiger partial charge in [-0.05, 0) is 37.0 Å². The Balaban J connectivity index is 1.77. The Morgan fingerprint density at radius 2 is 2.00 bits per heavy atom. The molecular weight excluding hydrogens is 290 g/mol. The van der Waals surface area contributed by atoms with Gasteiger partial charge in [-0.15, -0.1) is 0 Å². The zero-order valence-corrected chi connectivity index (χ0v) is 13.7. The predicted octanol–water partition coefficient (Wildman–Crippen LogP) is 2.74. The highest BCUT2D eigenvalue weighted by atomic mass is 16.5. The summed E-state index contributed by atoms with van der Waals surface area (Å²) in [5.74, 6) is -0.183. The molecule has 1 saturated heterocycles. The molecule has 1 aromatic carbocycles. The number of aromatic nitrogens is 2. The van der Waals surface area contributed by atoms with Gasteiger partial charge < -0.3 is 4.74 Å². The van der Waals surface area contributed by atoms with E-state index in [1.165, 1.54) is 7.11 Å². The third kappa shape index (κ3) is 3.29. The van der Waals surface area contributed by atoms with Crippen molar-refractivity contribution >= 4 is 5.97 Å². The highest BCUT2D eigenvalue weighted by Crippen LogP contribution is 2.31. The molecule has 0 saturated carbocycles. The zero-order valence-electron chi connectivity index (χ0n) is 13.7. The summed E-state index contributed by atoms with van der Waals surface area (Å²) in [6.45, 7) is 3.76. The van der Waals surface area contributed by atoms with Crippen LogP contribution in [0.15, 0.2) is 42.7 Å². The quantitative estimate of drug-likeness (QED) is 0.814. The molecule has 0 spiro atoms. The van der Waals surface area contributed by atoms with Gasteiger partial charge >= 0.3 is 5.97 Å². The second-order valence-corrected chi connectivity index (χ2v) is 6.04. The maximum Gasteiger partial charge on any atom is 0.327 e. The van der Waals surface area contributed by atoms with E-state index in [0.717, 1.165) is 37.1 Å². The summed E-state index contributed by atoms with van der Waals surface area (Å²) < 4.78 is 7.10. The fourth-order valence-electron chi connectivity index (χ4n) is 3.38. The van der Waals surface area contributed by atoms with E-state index in [0.29, 0.717) is 6.04 Å². The Kier molecular flexibility index (Phi) is 4.76. The SMILES string of the molecule is COC(=O)C(c1ccccc1C)N1CCC(n2cccn2)CC1. The number of hydrogen-bond donors (Lipinski definition) is 0. The number of carbonyl (C=O) groups excluding carboxylic acids is 1. The third-order valence-corrected chi connectivity index (χ3v) is 4.67. The van der Waals surface area contributed by atoms with E-state index in [9.17, 15) is 4.79 Å². The Morgan fingerprint density at radius 3 is 2.61 bits per heavy atom. The number of piperidine rings is 1. The van der Waals surface area contributed by atoms with Gasteiger partial charge in [0, 0.05) is 25.5 Å². The number of methoxy groups -OCH3 is 1. The molecule has 1 fully saturated rings. The fraction of sp³-hybridized carbons (Fsp3) is 0.444. The highest BCUT2D eigenvalue weighted by Gasteiger charge is 2.33. The van der Waals surface area contributed by atoms with Crippen molar-refractivity contribution in [2.75, 3.05) is 20.2 Å². The second kappa shape index (κ2) is 6.96. The summed E-state index contributed by atoms with van der Waals surface area (Å²) in [6.07, 6.45) is 5.80. The number of hydrogen-bond acceptors (Lipinski definition) is 4. The molecule has 2 aromatic rings. The summed E-state index contributed by atoms with van der Waals surface area (Å²) >= 11 is 0. The van der Waals surface area contributed by atoms with Gasteiger partial charge in [-0.1, -0.05) is 24.3 Å². The molecule has 0 bridgehead atoms. The highest BCUT2D eigenvalue weighted by molar-refractivity contribution is 5.78. The van der Waals surface area contributed by atoms with E-state index in [1.807, 2.05) is 54.3 Å². The van der Waals surface area contributed by atoms with Crippen molar-refractivity contribution in [1.29, 1.82) is 0 Å². The van der Waals surface area contributed by atoms with Crippen LogP contribution in [0.4, 0.5) is 0 Å². The molecule has 0 aliphatic carbocycles.